The summed E-state index contributed by atoms with van der Waals surface area (Å²) in [5.74, 6) is -0.518. The molecule has 6 heteroatoms. The van der Waals surface area contributed by atoms with Crippen LogP contribution in [0.25, 0.3) is 0 Å². The Bertz CT molecular complexity index is 678. The normalized spacial score (nSPS) is 11.5. The number of aromatic nitrogens is 1. The van der Waals surface area contributed by atoms with E-state index in [1.54, 1.807) is 13.0 Å². The van der Waals surface area contributed by atoms with Crippen LogP contribution < -0.4 is 0 Å². The second-order valence-electron chi connectivity index (χ2n) is 5.03. The minimum absolute atomic E-state index is 0.0123. The number of hydrogen-bond donors (Lipinski definition) is 0. The van der Waals surface area contributed by atoms with E-state index in [1.807, 2.05) is 0 Å². The third kappa shape index (κ3) is 4.13. The molecule has 0 N–H and O–H groups in total. The number of alkyl halides is 3. The Balaban J connectivity index is 2.01. The molecule has 0 atom stereocenters. The van der Waals surface area contributed by atoms with E-state index < -0.39 is 11.9 Å². The van der Waals surface area contributed by atoms with Crippen LogP contribution in [0.3, 0.4) is 0 Å². The molecule has 0 fully saturated rings. The summed E-state index contributed by atoms with van der Waals surface area (Å²) in [6, 6.07) is 6.48. The monoisotopic (exact) mass is 311 g/mol. The summed E-state index contributed by atoms with van der Waals surface area (Å²) in [7, 11) is 0. The molecule has 0 radical (unpaired) electrons. The quantitative estimate of drug-likeness (QED) is 0.802. The van der Waals surface area contributed by atoms with Crippen LogP contribution in [0.4, 0.5) is 17.6 Å². The summed E-state index contributed by atoms with van der Waals surface area (Å²) < 4.78 is 50.3. The zero-order valence-corrected chi connectivity index (χ0v) is 11.7. The lowest BCUT2D eigenvalue weighted by atomic mass is 10.0. The van der Waals surface area contributed by atoms with E-state index in [4.69, 9.17) is 0 Å². The number of halogens is 4. The van der Waals surface area contributed by atoms with Gasteiger partial charge in [0.05, 0.1) is 0 Å². The van der Waals surface area contributed by atoms with Crippen molar-refractivity contribution in [2.24, 2.45) is 0 Å². The third-order valence-electron chi connectivity index (χ3n) is 3.14. The fourth-order valence-corrected chi connectivity index (χ4v) is 2.03. The number of hydrogen-bond acceptors (Lipinski definition) is 2. The minimum atomic E-state index is -4.49. The molecule has 0 aliphatic rings. The van der Waals surface area contributed by atoms with Gasteiger partial charge in [-0.15, -0.1) is 0 Å². The van der Waals surface area contributed by atoms with Crippen molar-refractivity contribution in [3.05, 3.63) is 64.7 Å². The number of benzene rings is 1. The van der Waals surface area contributed by atoms with Crippen LogP contribution in [0.5, 0.6) is 0 Å². The average Bonchev–Trinajstić information content (AvgIpc) is 2.42. The number of nitrogens with zero attached hydrogens (tertiary/aromatic N) is 1. The van der Waals surface area contributed by atoms with Crippen LogP contribution in [0, 0.1) is 12.7 Å². The van der Waals surface area contributed by atoms with Crippen LogP contribution in [-0.2, 0) is 23.8 Å². The Morgan fingerprint density at radius 1 is 1.09 bits per heavy atom. The first kappa shape index (κ1) is 16.1. The third-order valence-corrected chi connectivity index (χ3v) is 3.14. The second kappa shape index (κ2) is 6.25. The lowest BCUT2D eigenvalue weighted by Gasteiger charge is -2.07. The van der Waals surface area contributed by atoms with E-state index in [-0.39, 0.29) is 24.4 Å². The molecule has 1 aromatic carbocycles. The van der Waals surface area contributed by atoms with Crippen molar-refractivity contribution in [1.82, 2.24) is 4.98 Å². The summed E-state index contributed by atoms with van der Waals surface area (Å²) in [4.78, 5) is 15.2. The molecule has 0 aliphatic heterocycles. The molecule has 2 aromatic rings. The van der Waals surface area contributed by atoms with Crippen molar-refractivity contribution in [2.45, 2.75) is 25.9 Å². The fourth-order valence-electron chi connectivity index (χ4n) is 2.03. The molecule has 0 saturated carbocycles. The number of carbonyl (C=O) groups is 1. The van der Waals surface area contributed by atoms with Crippen LogP contribution >= 0.6 is 0 Å². The van der Waals surface area contributed by atoms with Gasteiger partial charge in [-0.05, 0) is 35.7 Å². The van der Waals surface area contributed by atoms with Gasteiger partial charge in [0.15, 0.2) is 0 Å². The molecule has 0 bridgehead atoms. The minimum Gasteiger partial charge on any atom is -0.299 e. The highest BCUT2D eigenvalue weighted by atomic mass is 19.4. The maximum atomic E-state index is 13.1. The number of rotatable bonds is 4. The lowest BCUT2D eigenvalue weighted by Crippen LogP contribution is -2.10. The number of aryl methyl sites for hydroxylation is 1. The molecular weight excluding hydrogens is 298 g/mol. The first-order valence-corrected chi connectivity index (χ1v) is 6.54. The molecule has 1 aromatic heterocycles. The number of pyridine rings is 1. The van der Waals surface area contributed by atoms with Gasteiger partial charge in [-0.3, -0.25) is 9.78 Å². The first-order valence-electron chi connectivity index (χ1n) is 6.54. The van der Waals surface area contributed by atoms with Crippen molar-refractivity contribution < 1.29 is 22.4 Å². The second-order valence-corrected chi connectivity index (χ2v) is 5.03. The van der Waals surface area contributed by atoms with Crippen molar-refractivity contribution in [3.8, 4) is 0 Å². The van der Waals surface area contributed by atoms with Crippen molar-refractivity contribution >= 4 is 5.78 Å². The number of carbonyl (C=O) groups excluding carboxylic acids is 1. The molecule has 0 unspecified atom stereocenters. The highest BCUT2D eigenvalue weighted by molar-refractivity contribution is 5.83. The largest absolute Gasteiger partial charge is 0.433 e. The van der Waals surface area contributed by atoms with E-state index in [0.717, 1.165) is 12.3 Å². The molecule has 0 spiro atoms. The molecule has 2 nitrogen and oxygen atoms in total. The Morgan fingerprint density at radius 2 is 1.73 bits per heavy atom. The Hall–Kier alpha value is -2.24. The summed E-state index contributed by atoms with van der Waals surface area (Å²) in [5.41, 5.74) is 0.542. The van der Waals surface area contributed by atoms with Gasteiger partial charge in [-0.2, -0.15) is 13.2 Å². The maximum absolute atomic E-state index is 13.1. The highest BCUT2D eigenvalue weighted by Gasteiger charge is 2.32. The van der Waals surface area contributed by atoms with Crippen LogP contribution in [0.1, 0.15) is 22.4 Å². The standard InChI is InChI=1S/C16H13F4NO/c1-10-6-11(2-4-14(10)17)7-13(22)8-12-3-5-15(21-9-12)16(18,19)20/h2-6,9H,7-8H2,1H3. The molecule has 2 rings (SSSR count). The average molecular weight is 311 g/mol. The highest BCUT2D eigenvalue weighted by Crippen LogP contribution is 2.27. The summed E-state index contributed by atoms with van der Waals surface area (Å²) in [6.07, 6.45) is -3.35. The molecule has 1 heterocycles. The molecule has 0 amide bonds. The van der Waals surface area contributed by atoms with E-state index in [1.165, 1.54) is 18.2 Å². The summed E-state index contributed by atoms with van der Waals surface area (Å²) in [6.45, 7) is 1.60. The fraction of sp³-hybridized carbons (Fsp3) is 0.250. The van der Waals surface area contributed by atoms with Gasteiger partial charge in [0.25, 0.3) is 0 Å². The summed E-state index contributed by atoms with van der Waals surface area (Å²) in [5, 5.41) is 0. The predicted molar refractivity (Wildman–Crippen MR) is 72.8 cm³/mol. The smallest absolute Gasteiger partial charge is 0.299 e. The van der Waals surface area contributed by atoms with Crippen LogP contribution in [-0.4, -0.2) is 10.8 Å². The van der Waals surface area contributed by atoms with Gasteiger partial charge < -0.3 is 0 Å². The van der Waals surface area contributed by atoms with E-state index in [2.05, 4.69) is 4.98 Å². The molecule has 22 heavy (non-hydrogen) atoms. The van der Waals surface area contributed by atoms with Crippen molar-refractivity contribution in [1.29, 1.82) is 0 Å². The lowest BCUT2D eigenvalue weighted by molar-refractivity contribution is -0.141. The van der Waals surface area contributed by atoms with E-state index in [0.29, 0.717) is 16.7 Å². The van der Waals surface area contributed by atoms with Gasteiger partial charge >= 0.3 is 6.18 Å². The van der Waals surface area contributed by atoms with Crippen LogP contribution in [0.15, 0.2) is 36.5 Å². The maximum Gasteiger partial charge on any atom is 0.433 e. The Labute approximate surface area is 124 Å². The van der Waals surface area contributed by atoms with Gasteiger partial charge in [0.1, 0.15) is 17.3 Å². The van der Waals surface area contributed by atoms with Gasteiger partial charge in [0.2, 0.25) is 0 Å². The molecule has 0 aliphatic carbocycles. The Morgan fingerprint density at radius 3 is 2.27 bits per heavy atom. The zero-order chi connectivity index (χ0) is 16.3. The molecule has 0 saturated heterocycles. The molecule has 116 valence electrons. The van der Waals surface area contributed by atoms with Gasteiger partial charge in [0, 0.05) is 19.0 Å². The van der Waals surface area contributed by atoms with Gasteiger partial charge in [-0.25, -0.2) is 4.39 Å². The number of Topliss-reactive ketones (excluding diaryl/α,β-unsaturated/α-hetero) is 1. The van der Waals surface area contributed by atoms with E-state index >= 15 is 0 Å². The predicted octanol–water partition coefficient (Wildman–Crippen LogP) is 3.90. The SMILES string of the molecule is Cc1cc(CC(=O)Cc2ccc(C(F)(F)F)nc2)ccc1F. The Kier molecular flexibility index (Phi) is 4.59. The van der Waals surface area contributed by atoms with E-state index in [9.17, 15) is 22.4 Å². The summed E-state index contributed by atoms with van der Waals surface area (Å²) >= 11 is 0. The van der Waals surface area contributed by atoms with Crippen LogP contribution in [0.2, 0.25) is 0 Å². The number of ketones is 1. The van der Waals surface area contributed by atoms with Crippen molar-refractivity contribution in [3.63, 3.8) is 0 Å². The molecular formula is C16H13F4NO. The zero-order valence-electron chi connectivity index (χ0n) is 11.7. The first-order chi connectivity index (χ1) is 10.3. The van der Waals surface area contributed by atoms with Gasteiger partial charge in [-0.1, -0.05) is 18.2 Å². The van der Waals surface area contributed by atoms with Crippen molar-refractivity contribution in [2.75, 3.05) is 0 Å². The topological polar surface area (TPSA) is 30.0 Å².